The molecule has 21 heavy (non-hydrogen) atoms. The molecule has 0 radical (unpaired) electrons. The molecule has 0 spiro atoms. The lowest BCUT2D eigenvalue weighted by Gasteiger charge is -2.19. The van der Waals surface area contributed by atoms with Gasteiger partial charge in [-0.2, -0.15) is 0 Å². The second kappa shape index (κ2) is 8.62. The van der Waals surface area contributed by atoms with Crippen LogP contribution in [0.1, 0.15) is 40.4 Å². The number of hydrogen-bond acceptors (Lipinski definition) is 4. The number of hydrogen-bond donors (Lipinski definition) is 0. The first-order valence-corrected chi connectivity index (χ1v) is 8.00. The SMILES string of the molecule is C=CCN(CC(=O)OCC)C(=O)c1cc(CCC)c(C)s1. The summed E-state index contributed by atoms with van der Waals surface area (Å²) in [6.45, 7) is 10.1. The van der Waals surface area contributed by atoms with Crippen LogP contribution < -0.4 is 0 Å². The van der Waals surface area contributed by atoms with E-state index in [9.17, 15) is 9.59 Å². The Labute approximate surface area is 130 Å². The average Bonchev–Trinajstić information content (AvgIpc) is 2.80. The number of carbonyl (C=O) groups is 2. The normalized spacial score (nSPS) is 10.2. The highest BCUT2D eigenvalue weighted by molar-refractivity contribution is 7.14. The zero-order valence-electron chi connectivity index (χ0n) is 13.0. The molecule has 0 aliphatic carbocycles. The summed E-state index contributed by atoms with van der Waals surface area (Å²) >= 11 is 1.48. The molecule has 0 N–H and O–H groups in total. The Morgan fingerprint density at radius 3 is 2.71 bits per heavy atom. The molecule has 0 aromatic carbocycles. The van der Waals surface area contributed by atoms with Crippen molar-refractivity contribution in [2.75, 3.05) is 19.7 Å². The maximum atomic E-state index is 12.5. The highest BCUT2D eigenvalue weighted by Gasteiger charge is 2.21. The van der Waals surface area contributed by atoms with Gasteiger partial charge < -0.3 is 9.64 Å². The van der Waals surface area contributed by atoms with E-state index < -0.39 is 5.97 Å². The minimum Gasteiger partial charge on any atom is -0.465 e. The fourth-order valence-corrected chi connectivity index (χ4v) is 3.08. The Bertz CT molecular complexity index is 508. The number of rotatable bonds is 8. The van der Waals surface area contributed by atoms with Gasteiger partial charge in [-0.1, -0.05) is 19.4 Å². The predicted octanol–water partition coefficient (Wildman–Crippen LogP) is 3.20. The third kappa shape index (κ3) is 5.01. The molecule has 0 aliphatic rings. The molecule has 1 heterocycles. The van der Waals surface area contributed by atoms with Crippen LogP contribution in [0.25, 0.3) is 0 Å². The van der Waals surface area contributed by atoms with E-state index in [-0.39, 0.29) is 12.5 Å². The van der Waals surface area contributed by atoms with Gasteiger partial charge in [-0.25, -0.2) is 0 Å². The predicted molar refractivity (Wildman–Crippen MR) is 85.8 cm³/mol. The Morgan fingerprint density at radius 1 is 1.43 bits per heavy atom. The van der Waals surface area contributed by atoms with E-state index in [0.717, 1.165) is 17.7 Å². The quantitative estimate of drug-likeness (QED) is 0.547. The zero-order chi connectivity index (χ0) is 15.8. The topological polar surface area (TPSA) is 46.6 Å². The van der Waals surface area contributed by atoms with Crippen molar-refractivity contribution < 1.29 is 14.3 Å². The van der Waals surface area contributed by atoms with Gasteiger partial charge in [-0.15, -0.1) is 17.9 Å². The first-order chi connectivity index (χ1) is 10.0. The Hall–Kier alpha value is -1.62. The Morgan fingerprint density at radius 2 is 2.14 bits per heavy atom. The molecule has 0 saturated heterocycles. The summed E-state index contributed by atoms with van der Waals surface area (Å²) in [5.74, 6) is -0.534. The standard InChI is InChI=1S/C16H23NO3S/c1-5-8-13-10-14(21-12(13)4)16(19)17(9-6-2)11-15(18)20-7-3/h6,10H,2,5,7-9,11H2,1,3-4H3. The van der Waals surface area contributed by atoms with Crippen LogP contribution in [-0.2, 0) is 16.0 Å². The number of ether oxygens (including phenoxy) is 1. The van der Waals surface area contributed by atoms with Crippen molar-refractivity contribution in [3.05, 3.63) is 34.0 Å². The second-order valence-electron chi connectivity index (χ2n) is 4.72. The van der Waals surface area contributed by atoms with Gasteiger partial charge >= 0.3 is 5.97 Å². The van der Waals surface area contributed by atoms with Crippen LogP contribution in [0.15, 0.2) is 18.7 Å². The fourth-order valence-electron chi connectivity index (χ4n) is 2.04. The summed E-state index contributed by atoms with van der Waals surface area (Å²) in [6, 6.07) is 1.94. The largest absolute Gasteiger partial charge is 0.465 e. The molecule has 0 fully saturated rings. The summed E-state index contributed by atoms with van der Waals surface area (Å²) in [4.78, 5) is 27.4. The lowest BCUT2D eigenvalue weighted by molar-refractivity contribution is -0.143. The second-order valence-corrected chi connectivity index (χ2v) is 5.98. The molecular weight excluding hydrogens is 286 g/mol. The van der Waals surface area contributed by atoms with E-state index >= 15 is 0 Å². The third-order valence-electron chi connectivity index (χ3n) is 3.01. The summed E-state index contributed by atoms with van der Waals surface area (Å²) in [5.41, 5.74) is 1.21. The molecule has 0 aliphatic heterocycles. The number of esters is 1. The van der Waals surface area contributed by atoms with Crippen LogP contribution in [0, 0.1) is 6.92 Å². The van der Waals surface area contributed by atoms with Gasteiger partial charge in [-0.05, 0) is 31.9 Å². The number of thiophene rings is 1. The van der Waals surface area contributed by atoms with E-state index in [2.05, 4.69) is 13.5 Å². The minimum atomic E-state index is -0.394. The number of nitrogens with zero attached hydrogens (tertiary/aromatic N) is 1. The Balaban J connectivity index is 2.87. The molecule has 1 aromatic rings. The van der Waals surface area contributed by atoms with Gasteiger partial charge in [-0.3, -0.25) is 9.59 Å². The van der Waals surface area contributed by atoms with Crippen molar-refractivity contribution in [2.24, 2.45) is 0 Å². The third-order valence-corrected chi connectivity index (χ3v) is 4.09. The molecule has 116 valence electrons. The lowest BCUT2D eigenvalue weighted by Crippen LogP contribution is -2.36. The summed E-state index contributed by atoms with van der Waals surface area (Å²) < 4.78 is 4.91. The summed E-state index contributed by atoms with van der Waals surface area (Å²) in [7, 11) is 0. The first-order valence-electron chi connectivity index (χ1n) is 7.18. The Kier molecular flexibility index (Phi) is 7.15. The molecule has 5 heteroatoms. The molecule has 1 rings (SSSR count). The van der Waals surface area contributed by atoms with Crippen molar-refractivity contribution in [3.63, 3.8) is 0 Å². The van der Waals surface area contributed by atoms with E-state index in [1.54, 1.807) is 13.0 Å². The van der Waals surface area contributed by atoms with Crippen LogP contribution >= 0.6 is 11.3 Å². The number of aryl methyl sites for hydroxylation is 2. The van der Waals surface area contributed by atoms with Crippen LogP contribution in [0.3, 0.4) is 0 Å². The first kappa shape index (κ1) is 17.4. The molecule has 1 amide bonds. The molecule has 0 bridgehead atoms. The van der Waals surface area contributed by atoms with E-state index in [0.29, 0.717) is 18.0 Å². The van der Waals surface area contributed by atoms with Crippen molar-refractivity contribution in [3.8, 4) is 0 Å². The van der Waals surface area contributed by atoms with Crippen LogP contribution in [0.4, 0.5) is 0 Å². The van der Waals surface area contributed by atoms with Crippen molar-refractivity contribution >= 4 is 23.2 Å². The fraction of sp³-hybridized carbons (Fsp3) is 0.500. The molecule has 4 nitrogen and oxygen atoms in total. The maximum Gasteiger partial charge on any atom is 0.325 e. The smallest absolute Gasteiger partial charge is 0.325 e. The van der Waals surface area contributed by atoms with E-state index in [4.69, 9.17) is 4.74 Å². The van der Waals surface area contributed by atoms with Crippen molar-refractivity contribution in [2.45, 2.75) is 33.6 Å². The van der Waals surface area contributed by atoms with Crippen LogP contribution in [0.2, 0.25) is 0 Å². The molecule has 0 saturated carbocycles. The lowest BCUT2D eigenvalue weighted by atomic mass is 10.1. The maximum absolute atomic E-state index is 12.5. The van der Waals surface area contributed by atoms with Crippen molar-refractivity contribution in [1.29, 1.82) is 0 Å². The highest BCUT2D eigenvalue weighted by atomic mass is 32.1. The van der Waals surface area contributed by atoms with Gasteiger partial charge in [0.25, 0.3) is 5.91 Å². The number of amides is 1. The van der Waals surface area contributed by atoms with Gasteiger partial charge in [0.15, 0.2) is 0 Å². The van der Waals surface area contributed by atoms with E-state index in [1.807, 2.05) is 13.0 Å². The molecule has 1 aromatic heterocycles. The molecular formula is C16H23NO3S. The van der Waals surface area contributed by atoms with Gasteiger partial charge in [0.05, 0.1) is 11.5 Å². The number of carbonyl (C=O) groups excluding carboxylic acids is 2. The summed E-state index contributed by atoms with van der Waals surface area (Å²) in [5, 5.41) is 0. The highest BCUT2D eigenvalue weighted by Crippen LogP contribution is 2.24. The van der Waals surface area contributed by atoms with Crippen molar-refractivity contribution in [1.82, 2.24) is 4.90 Å². The van der Waals surface area contributed by atoms with Crippen LogP contribution in [-0.4, -0.2) is 36.5 Å². The zero-order valence-corrected chi connectivity index (χ0v) is 13.8. The summed E-state index contributed by atoms with van der Waals surface area (Å²) in [6.07, 6.45) is 3.63. The van der Waals surface area contributed by atoms with Gasteiger partial charge in [0, 0.05) is 11.4 Å². The minimum absolute atomic E-state index is 0.0429. The molecule has 0 unspecified atom stereocenters. The molecule has 0 atom stereocenters. The monoisotopic (exact) mass is 309 g/mol. The van der Waals surface area contributed by atoms with Gasteiger partial charge in [0.1, 0.15) is 6.54 Å². The van der Waals surface area contributed by atoms with Crippen LogP contribution in [0.5, 0.6) is 0 Å². The van der Waals surface area contributed by atoms with E-state index in [1.165, 1.54) is 21.8 Å². The van der Waals surface area contributed by atoms with Gasteiger partial charge in [0.2, 0.25) is 0 Å². The average molecular weight is 309 g/mol.